The first-order chi connectivity index (χ1) is 11.5. The van der Waals surface area contributed by atoms with Gasteiger partial charge in [0, 0.05) is 18.8 Å². The molecule has 1 aromatic rings. The van der Waals surface area contributed by atoms with E-state index in [1.807, 2.05) is 4.90 Å². The van der Waals surface area contributed by atoms with E-state index < -0.39 is 17.8 Å². The average Bonchev–Trinajstić information content (AvgIpc) is 2.93. The molecule has 2 aliphatic rings. The van der Waals surface area contributed by atoms with Crippen molar-refractivity contribution in [3.05, 3.63) is 29.0 Å². The fourth-order valence-corrected chi connectivity index (χ4v) is 2.65. The van der Waals surface area contributed by atoms with Crippen molar-refractivity contribution in [1.82, 2.24) is 10.2 Å². The van der Waals surface area contributed by atoms with Crippen LogP contribution in [0.4, 0.5) is 10.1 Å². The van der Waals surface area contributed by atoms with Crippen LogP contribution >= 0.6 is 11.6 Å². The second-order valence-corrected chi connectivity index (χ2v) is 5.85. The molecule has 0 unspecified atom stereocenters. The standard InChI is InChI=1S/C15H16ClFN4O3/c16-10-7-9(1-2-11(10)17)18-13(22)8-12-14(23)20-15(19-12)21-3-5-24-6-4-21/h1-2,7,12H,3-6,8H2,(H,18,22)(H,19,20,23)/t12-/m1/s1. The molecule has 1 fully saturated rings. The lowest BCUT2D eigenvalue weighted by atomic mass is 10.2. The summed E-state index contributed by atoms with van der Waals surface area (Å²) in [6.07, 6.45) is -0.103. The van der Waals surface area contributed by atoms with Gasteiger partial charge < -0.3 is 15.0 Å². The maximum Gasteiger partial charge on any atom is 0.252 e. The Balaban J connectivity index is 1.60. The summed E-state index contributed by atoms with van der Waals surface area (Å²) in [5, 5.41) is 5.18. The van der Waals surface area contributed by atoms with Crippen molar-refractivity contribution in [2.24, 2.45) is 4.99 Å². The molecule has 1 atom stereocenters. The Morgan fingerprint density at radius 3 is 2.92 bits per heavy atom. The summed E-state index contributed by atoms with van der Waals surface area (Å²) in [4.78, 5) is 30.2. The topological polar surface area (TPSA) is 83.0 Å². The molecule has 3 rings (SSSR count). The third-order valence-corrected chi connectivity index (χ3v) is 4.00. The number of morpholine rings is 1. The lowest BCUT2D eigenvalue weighted by Crippen LogP contribution is -2.46. The van der Waals surface area contributed by atoms with E-state index in [2.05, 4.69) is 15.6 Å². The second kappa shape index (κ2) is 7.14. The summed E-state index contributed by atoms with van der Waals surface area (Å²) >= 11 is 5.67. The molecule has 2 amide bonds. The summed E-state index contributed by atoms with van der Waals surface area (Å²) in [7, 11) is 0. The average molecular weight is 355 g/mol. The number of halogens is 2. The molecule has 24 heavy (non-hydrogen) atoms. The molecule has 2 heterocycles. The molecule has 1 saturated heterocycles. The summed E-state index contributed by atoms with van der Waals surface area (Å²) in [6, 6.07) is 3.09. The predicted octanol–water partition coefficient (Wildman–Crippen LogP) is 0.994. The number of hydrogen-bond donors (Lipinski definition) is 2. The number of hydrogen-bond acceptors (Lipinski definition) is 5. The lowest BCUT2D eigenvalue weighted by molar-refractivity contribution is -0.124. The maximum atomic E-state index is 13.1. The molecule has 9 heteroatoms. The van der Waals surface area contributed by atoms with Crippen molar-refractivity contribution in [3.8, 4) is 0 Å². The van der Waals surface area contributed by atoms with Crippen LogP contribution in [0.25, 0.3) is 0 Å². The highest BCUT2D eigenvalue weighted by molar-refractivity contribution is 6.31. The number of carbonyl (C=O) groups is 2. The van der Waals surface area contributed by atoms with Crippen LogP contribution in [0.15, 0.2) is 23.2 Å². The Hall–Kier alpha value is -2.19. The highest BCUT2D eigenvalue weighted by atomic mass is 35.5. The predicted molar refractivity (Wildman–Crippen MR) is 86.4 cm³/mol. The molecule has 0 saturated carbocycles. The molecule has 2 N–H and O–H groups in total. The van der Waals surface area contributed by atoms with Gasteiger partial charge in [-0.3, -0.25) is 14.9 Å². The van der Waals surface area contributed by atoms with Gasteiger partial charge in [-0.1, -0.05) is 11.6 Å². The van der Waals surface area contributed by atoms with Gasteiger partial charge in [0.15, 0.2) is 0 Å². The molecule has 7 nitrogen and oxygen atoms in total. The quantitative estimate of drug-likeness (QED) is 0.848. The largest absolute Gasteiger partial charge is 0.378 e. The van der Waals surface area contributed by atoms with Gasteiger partial charge in [0.05, 0.1) is 24.7 Å². The van der Waals surface area contributed by atoms with Crippen LogP contribution in [-0.2, 0) is 14.3 Å². The molecule has 128 valence electrons. The molecular weight excluding hydrogens is 339 g/mol. The Bertz CT molecular complexity index is 691. The van der Waals surface area contributed by atoms with Crippen molar-refractivity contribution < 1.29 is 18.7 Å². The minimum atomic E-state index is -0.779. The number of aliphatic imine (C=N–C) groups is 1. The van der Waals surface area contributed by atoms with Crippen molar-refractivity contribution in [2.75, 3.05) is 31.6 Å². The monoisotopic (exact) mass is 354 g/mol. The van der Waals surface area contributed by atoms with Gasteiger partial charge in [0.2, 0.25) is 11.9 Å². The number of nitrogens with one attached hydrogen (secondary N) is 2. The van der Waals surface area contributed by atoms with Gasteiger partial charge in [0.25, 0.3) is 5.91 Å². The number of guanidine groups is 1. The van der Waals surface area contributed by atoms with E-state index in [0.29, 0.717) is 38.0 Å². The molecular formula is C15H16ClFN4O3. The van der Waals surface area contributed by atoms with Crippen LogP contribution in [-0.4, -0.2) is 55.0 Å². The van der Waals surface area contributed by atoms with Crippen LogP contribution in [0.1, 0.15) is 6.42 Å². The maximum absolute atomic E-state index is 13.1. The van der Waals surface area contributed by atoms with Gasteiger partial charge in [-0.15, -0.1) is 0 Å². The van der Waals surface area contributed by atoms with E-state index in [4.69, 9.17) is 16.3 Å². The van der Waals surface area contributed by atoms with E-state index in [0.717, 1.165) is 6.07 Å². The minimum absolute atomic E-state index is 0.0842. The minimum Gasteiger partial charge on any atom is -0.378 e. The molecule has 1 aromatic carbocycles. The zero-order valence-corrected chi connectivity index (χ0v) is 13.5. The number of benzene rings is 1. The van der Waals surface area contributed by atoms with Gasteiger partial charge in [0.1, 0.15) is 11.9 Å². The molecule has 0 spiro atoms. The fourth-order valence-electron chi connectivity index (χ4n) is 2.47. The second-order valence-electron chi connectivity index (χ2n) is 5.44. The van der Waals surface area contributed by atoms with Crippen LogP contribution in [0, 0.1) is 5.82 Å². The highest BCUT2D eigenvalue weighted by Crippen LogP contribution is 2.20. The van der Waals surface area contributed by atoms with E-state index >= 15 is 0 Å². The molecule has 0 aromatic heterocycles. The van der Waals surface area contributed by atoms with Crippen LogP contribution in [0.2, 0.25) is 5.02 Å². The van der Waals surface area contributed by atoms with E-state index in [9.17, 15) is 14.0 Å². The number of ether oxygens (including phenoxy) is 1. The van der Waals surface area contributed by atoms with Crippen molar-refractivity contribution in [1.29, 1.82) is 0 Å². The zero-order valence-electron chi connectivity index (χ0n) is 12.7. The highest BCUT2D eigenvalue weighted by Gasteiger charge is 2.31. The van der Waals surface area contributed by atoms with Crippen LogP contribution in [0.5, 0.6) is 0 Å². The Morgan fingerprint density at radius 1 is 1.46 bits per heavy atom. The summed E-state index contributed by atoms with van der Waals surface area (Å²) in [5.74, 6) is -0.802. The lowest BCUT2D eigenvalue weighted by Gasteiger charge is -2.27. The van der Waals surface area contributed by atoms with Gasteiger partial charge in [-0.25, -0.2) is 9.38 Å². The number of rotatable bonds is 3. The van der Waals surface area contributed by atoms with E-state index in [1.54, 1.807) is 0 Å². The van der Waals surface area contributed by atoms with Crippen molar-refractivity contribution in [2.45, 2.75) is 12.5 Å². The number of amides is 2. The summed E-state index contributed by atoms with van der Waals surface area (Å²) in [6.45, 7) is 2.44. The van der Waals surface area contributed by atoms with Crippen molar-refractivity contribution >= 4 is 35.1 Å². The third-order valence-electron chi connectivity index (χ3n) is 3.71. The first-order valence-corrected chi connectivity index (χ1v) is 7.87. The van der Waals surface area contributed by atoms with Gasteiger partial charge in [-0.05, 0) is 18.2 Å². The Kier molecular flexibility index (Phi) is 4.96. The summed E-state index contributed by atoms with van der Waals surface area (Å²) < 4.78 is 18.4. The zero-order chi connectivity index (χ0) is 17.1. The van der Waals surface area contributed by atoms with Crippen LogP contribution in [0.3, 0.4) is 0 Å². The third kappa shape index (κ3) is 3.82. The number of anilines is 1. The van der Waals surface area contributed by atoms with E-state index in [-0.39, 0.29) is 17.4 Å². The van der Waals surface area contributed by atoms with Gasteiger partial charge >= 0.3 is 0 Å². The molecule has 2 aliphatic heterocycles. The normalized spacial score (nSPS) is 20.6. The Labute approximate surface area is 142 Å². The number of carbonyl (C=O) groups excluding carboxylic acids is 2. The summed E-state index contributed by atoms with van der Waals surface area (Å²) in [5.41, 5.74) is 0.363. The number of nitrogens with zero attached hydrogens (tertiary/aromatic N) is 2. The van der Waals surface area contributed by atoms with Crippen molar-refractivity contribution in [3.63, 3.8) is 0 Å². The van der Waals surface area contributed by atoms with Crippen LogP contribution < -0.4 is 10.6 Å². The van der Waals surface area contributed by atoms with Gasteiger partial charge in [-0.2, -0.15) is 0 Å². The molecule has 0 bridgehead atoms. The first-order valence-electron chi connectivity index (χ1n) is 7.49. The Morgan fingerprint density at radius 2 is 2.21 bits per heavy atom. The molecule has 0 aliphatic carbocycles. The fraction of sp³-hybridized carbons (Fsp3) is 0.400. The van der Waals surface area contributed by atoms with E-state index in [1.165, 1.54) is 12.1 Å². The first kappa shape index (κ1) is 16.7. The SMILES string of the molecule is O=C(C[C@H]1N=C(N2CCOCC2)NC1=O)Nc1ccc(F)c(Cl)c1. The smallest absolute Gasteiger partial charge is 0.252 e. The molecule has 0 radical (unpaired) electrons.